The Kier molecular flexibility index (Phi) is 4.21. The lowest BCUT2D eigenvalue weighted by Gasteiger charge is -2.31. The first-order valence-corrected chi connectivity index (χ1v) is 7.79. The summed E-state index contributed by atoms with van der Waals surface area (Å²) in [6.07, 6.45) is 2.23. The van der Waals surface area contributed by atoms with Crippen LogP contribution in [0.5, 0.6) is 0 Å². The summed E-state index contributed by atoms with van der Waals surface area (Å²) in [7, 11) is 0. The summed E-state index contributed by atoms with van der Waals surface area (Å²) in [5.41, 5.74) is 6.17. The number of hydrogen-bond donors (Lipinski definition) is 2. The van der Waals surface area contributed by atoms with E-state index in [2.05, 4.69) is 36.0 Å². The summed E-state index contributed by atoms with van der Waals surface area (Å²) in [5.74, 6) is 1.21. The number of aromatic amines is 1. The molecule has 1 aromatic carbocycles. The van der Waals surface area contributed by atoms with E-state index in [4.69, 9.17) is 5.73 Å². The van der Waals surface area contributed by atoms with Gasteiger partial charge in [0, 0.05) is 17.6 Å². The molecule has 1 fully saturated rings. The monoisotopic (exact) mass is 353 g/mol. The normalized spacial score (nSPS) is 19.0. The van der Waals surface area contributed by atoms with Gasteiger partial charge in [0.05, 0.1) is 5.56 Å². The summed E-state index contributed by atoms with van der Waals surface area (Å²) < 4.78 is 14.7. The van der Waals surface area contributed by atoms with E-state index in [0.717, 1.165) is 25.9 Å². The third-order valence-electron chi connectivity index (χ3n) is 3.80. The van der Waals surface area contributed by atoms with Gasteiger partial charge in [0.2, 0.25) is 5.95 Å². The van der Waals surface area contributed by atoms with Crippen LogP contribution in [0.2, 0.25) is 0 Å². The molecule has 1 unspecified atom stereocenters. The van der Waals surface area contributed by atoms with Crippen LogP contribution in [-0.4, -0.2) is 34.8 Å². The smallest absolute Gasteiger partial charge is 0.245 e. The topological polar surface area (TPSA) is 70.8 Å². The van der Waals surface area contributed by atoms with Crippen molar-refractivity contribution >= 4 is 21.9 Å². The third kappa shape index (κ3) is 3.08. The van der Waals surface area contributed by atoms with Crippen LogP contribution in [0.4, 0.5) is 10.3 Å². The third-order valence-corrected chi connectivity index (χ3v) is 4.29. The van der Waals surface area contributed by atoms with E-state index in [0.29, 0.717) is 34.3 Å². The molecule has 1 saturated heterocycles. The molecule has 1 aromatic heterocycles. The quantitative estimate of drug-likeness (QED) is 0.889. The second-order valence-electron chi connectivity index (χ2n) is 5.30. The van der Waals surface area contributed by atoms with E-state index in [-0.39, 0.29) is 5.82 Å². The number of anilines is 1. The molecule has 3 rings (SSSR count). The first-order chi connectivity index (χ1) is 10.2. The second-order valence-corrected chi connectivity index (χ2v) is 6.21. The van der Waals surface area contributed by atoms with Gasteiger partial charge in [-0.25, -0.2) is 4.39 Å². The predicted octanol–water partition coefficient (Wildman–Crippen LogP) is 2.55. The minimum Gasteiger partial charge on any atom is -0.339 e. The van der Waals surface area contributed by atoms with Gasteiger partial charge in [-0.05, 0) is 43.5 Å². The molecule has 3 N–H and O–H groups in total. The molecule has 1 atom stereocenters. The lowest BCUT2D eigenvalue weighted by atomic mass is 9.99. The molecule has 0 aliphatic carbocycles. The van der Waals surface area contributed by atoms with E-state index >= 15 is 0 Å². The Morgan fingerprint density at radius 1 is 1.48 bits per heavy atom. The number of hydrogen-bond acceptors (Lipinski definition) is 4. The minimum atomic E-state index is -0.328. The van der Waals surface area contributed by atoms with Crippen LogP contribution >= 0.6 is 15.9 Å². The van der Waals surface area contributed by atoms with Gasteiger partial charge in [-0.3, -0.25) is 5.10 Å². The van der Waals surface area contributed by atoms with E-state index < -0.39 is 0 Å². The Labute approximate surface area is 130 Å². The molecule has 0 radical (unpaired) electrons. The highest BCUT2D eigenvalue weighted by atomic mass is 79.9. The molecule has 0 saturated carbocycles. The van der Waals surface area contributed by atoms with Crippen molar-refractivity contribution in [2.24, 2.45) is 11.7 Å². The van der Waals surface area contributed by atoms with Crippen molar-refractivity contribution in [3.63, 3.8) is 0 Å². The first kappa shape index (κ1) is 14.5. The van der Waals surface area contributed by atoms with Gasteiger partial charge in [0.25, 0.3) is 0 Å². The molecule has 7 heteroatoms. The molecule has 112 valence electrons. The zero-order valence-corrected chi connectivity index (χ0v) is 13.1. The molecule has 1 aliphatic rings. The van der Waals surface area contributed by atoms with Crippen molar-refractivity contribution in [2.45, 2.75) is 12.8 Å². The van der Waals surface area contributed by atoms with Crippen LogP contribution in [0.15, 0.2) is 22.7 Å². The molecule has 0 spiro atoms. The molecule has 1 aliphatic heterocycles. The van der Waals surface area contributed by atoms with Crippen molar-refractivity contribution in [1.29, 1.82) is 0 Å². The van der Waals surface area contributed by atoms with E-state index in [9.17, 15) is 4.39 Å². The number of nitrogens with one attached hydrogen (secondary N) is 1. The lowest BCUT2D eigenvalue weighted by molar-refractivity contribution is 0.420. The number of H-pyrrole nitrogens is 1. The van der Waals surface area contributed by atoms with Gasteiger partial charge in [-0.15, -0.1) is 5.10 Å². The van der Waals surface area contributed by atoms with E-state index in [1.54, 1.807) is 12.1 Å². The van der Waals surface area contributed by atoms with E-state index in [1.807, 2.05) is 0 Å². The molecule has 0 amide bonds. The molecule has 0 bridgehead atoms. The van der Waals surface area contributed by atoms with Gasteiger partial charge >= 0.3 is 0 Å². The summed E-state index contributed by atoms with van der Waals surface area (Å²) in [5, 5.41) is 7.04. The van der Waals surface area contributed by atoms with Crippen molar-refractivity contribution in [3.05, 3.63) is 28.5 Å². The summed E-state index contributed by atoms with van der Waals surface area (Å²) in [4.78, 5) is 6.54. The predicted molar refractivity (Wildman–Crippen MR) is 83.5 cm³/mol. The van der Waals surface area contributed by atoms with Crippen LogP contribution < -0.4 is 10.6 Å². The van der Waals surface area contributed by atoms with Crippen LogP contribution in [0.25, 0.3) is 11.4 Å². The number of benzene rings is 1. The van der Waals surface area contributed by atoms with Gasteiger partial charge < -0.3 is 10.6 Å². The fraction of sp³-hybridized carbons (Fsp3) is 0.429. The van der Waals surface area contributed by atoms with Crippen LogP contribution in [0, 0.1) is 11.7 Å². The average molecular weight is 354 g/mol. The van der Waals surface area contributed by atoms with Crippen LogP contribution in [0.3, 0.4) is 0 Å². The Morgan fingerprint density at radius 3 is 3.10 bits per heavy atom. The highest BCUT2D eigenvalue weighted by molar-refractivity contribution is 9.10. The fourth-order valence-corrected chi connectivity index (χ4v) is 2.97. The maximum atomic E-state index is 14.0. The van der Waals surface area contributed by atoms with Crippen molar-refractivity contribution in [1.82, 2.24) is 15.2 Å². The summed E-state index contributed by atoms with van der Waals surface area (Å²) in [6, 6.07) is 4.89. The Bertz CT molecular complexity index is 630. The van der Waals surface area contributed by atoms with Gasteiger partial charge in [0.15, 0.2) is 5.82 Å². The largest absolute Gasteiger partial charge is 0.339 e. The van der Waals surface area contributed by atoms with Crippen molar-refractivity contribution in [3.8, 4) is 11.4 Å². The summed E-state index contributed by atoms with van der Waals surface area (Å²) in [6.45, 7) is 2.45. The van der Waals surface area contributed by atoms with Crippen LogP contribution in [-0.2, 0) is 0 Å². The Morgan fingerprint density at radius 2 is 2.33 bits per heavy atom. The van der Waals surface area contributed by atoms with Crippen molar-refractivity contribution in [2.75, 3.05) is 24.5 Å². The minimum absolute atomic E-state index is 0.328. The average Bonchev–Trinajstić information content (AvgIpc) is 2.97. The molecule has 2 aromatic rings. The van der Waals surface area contributed by atoms with Gasteiger partial charge in [-0.1, -0.05) is 15.9 Å². The zero-order valence-electron chi connectivity index (χ0n) is 11.5. The number of nitrogens with zero attached hydrogens (tertiary/aromatic N) is 3. The van der Waals surface area contributed by atoms with Crippen molar-refractivity contribution < 1.29 is 4.39 Å². The van der Waals surface area contributed by atoms with Gasteiger partial charge in [-0.2, -0.15) is 4.98 Å². The van der Waals surface area contributed by atoms with Crippen LogP contribution in [0.1, 0.15) is 12.8 Å². The number of nitrogens with two attached hydrogens (primary N) is 1. The highest BCUT2D eigenvalue weighted by Gasteiger charge is 2.22. The number of piperidine rings is 1. The van der Waals surface area contributed by atoms with Gasteiger partial charge in [0.1, 0.15) is 5.82 Å². The Hall–Kier alpha value is -1.47. The second kappa shape index (κ2) is 6.11. The maximum absolute atomic E-state index is 14.0. The first-order valence-electron chi connectivity index (χ1n) is 7.00. The number of aromatic nitrogens is 3. The highest BCUT2D eigenvalue weighted by Crippen LogP contribution is 2.25. The standard InChI is InChI=1S/C14H17BrFN5/c15-10-3-4-11(12(16)6-10)13-18-14(20-19-13)21-5-1-2-9(7-17)8-21/h3-4,6,9H,1-2,5,7-8,17H2,(H,18,19,20). The maximum Gasteiger partial charge on any atom is 0.245 e. The zero-order chi connectivity index (χ0) is 14.8. The molecule has 2 heterocycles. The lowest BCUT2D eigenvalue weighted by Crippen LogP contribution is -2.38. The molecular weight excluding hydrogens is 337 g/mol. The number of rotatable bonds is 3. The molecule has 21 heavy (non-hydrogen) atoms. The molecule has 5 nitrogen and oxygen atoms in total. The Balaban J connectivity index is 1.83. The van der Waals surface area contributed by atoms with E-state index in [1.165, 1.54) is 6.07 Å². The summed E-state index contributed by atoms with van der Waals surface area (Å²) >= 11 is 3.24. The fourth-order valence-electron chi connectivity index (χ4n) is 2.64. The molecular formula is C14H17BrFN5. The number of halogens is 2. The SMILES string of the molecule is NCC1CCCN(c2n[nH]c(-c3ccc(Br)cc3F)n2)C1.